The summed E-state index contributed by atoms with van der Waals surface area (Å²) in [5, 5.41) is 3.20. The van der Waals surface area contributed by atoms with Gasteiger partial charge in [-0.3, -0.25) is 9.69 Å². The van der Waals surface area contributed by atoms with E-state index >= 15 is 0 Å². The Morgan fingerprint density at radius 1 is 1.32 bits per heavy atom. The van der Waals surface area contributed by atoms with Crippen LogP contribution in [-0.2, 0) is 20.6 Å². The van der Waals surface area contributed by atoms with Crippen molar-refractivity contribution in [2.75, 3.05) is 43.6 Å². The van der Waals surface area contributed by atoms with Crippen LogP contribution in [0.2, 0.25) is 0 Å². The molecule has 1 fully saturated rings. The van der Waals surface area contributed by atoms with Gasteiger partial charge < -0.3 is 30.0 Å². The van der Waals surface area contributed by atoms with Gasteiger partial charge in [0.25, 0.3) is 5.91 Å². The number of rotatable bonds is 9. The van der Waals surface area contributed by atoms with Crippen LogP contribution in [0.4, 0.5) is 11.8 Å². The van der Waals surface area contributed by atoms with Crippen LogP contribution in [0, 0.1) is 0 Å². The second-order valence-electron chi connectivity index (χ2n) is 9.02. The molecule has 0 saturated carbocycles. The molecular formula is C24H33N5O5. The molecule has 1 aromatic heterocycles. The molecule has 1 saturated heterocycles. The maximum Gasteiger partial charge on any atom is 0.259 e. The van der Waals surface area contributed by atoms with Gasteiger partial charge in [-0.1, -0.05) is 0 Å². The number of benzene rings is 1. The van der Waals surface area contributed by atoms with E-state index < -0.39 is 11.9 Å². The summed E-state index contributed by atoms with van der Waals surface area (Å²) in [6.45, 7) is 7.26. The fraction of sp³-hybridized carbons (Fsp3) is 0.542. The van der Waals surface area contributed by atoms with Crippen molar-refractivity contribution in [3.63, 3.8) is 0 Å². The zero-order valence-corrected chi connectivity index (χ0v) is 20.1. The summed E-state index contributed by atoms with van der Waals surface area (Å²) in [6.07, 6.45) is 1.64. The second kappa shape index (κ2) is 10.2. The van der Waals surface area contributed by atoms with Gasteiger partial charge in [0.05, 0.1) is 19.8 Å². The molecule has 34 heavy (non-hydrogen) atoms. The monoisotopic (exact) mass is 471 g/mol. The lowest BCUT2D eigenvalue weighted by Crippen LogP contribution is -2.44. The number of nitrogens with one attached hydrogen (secondary N) is 1. The molecule has 2 aromatic rings. The molecule has 1 unspecified atom stereocenters. The lowest BCUT2D eigenvalue weighted by molar-refractivity contribution is -0.144. The Bertz CT molecular complexity index is 1020. The normalized spacial score (nSPS) is 21.6. The van der Waals surface area contributed by atoms with E-state index in [2.05, 4.69) is 15.3 Å². The number of ether oxygens (including phenoxy) is 4. The predicted octanol–water partition coefficient (Wildman–Crippen LogP) is 1.98. The van der Waals surface area contributed by atoms with Crippen molar-refractivity contribution in [3.8, 4) is 5.75 Å². The number of aromatic nitrogens is 2. The molecule has 0 radical (unpaired) electrons. The standard InChI is InChI=1S/C24H33N5O5/c1-15(14-31-4)27-23-26-9-7-21(28-23)29(13-20-19(12-25)33-24(2,3)34-20)22(30)17-5-6-18-16(11-17)8-10-32-18/h5-7,9,11,15,19-20H,8,10,12-14,25H2,1-4H3,(H,26,27,28)/t15-,19-,20?/m0/s1. The number of methoxy groups -OCH3 is 1. The van der Waals surface area contributed by atoms with Crippen molar-refractivity contribution in [3.05, 3.63) is 41.6 Å². The maximum absolute atomic E-state index is 13.8. The van der Waals surface area contributed by atoms with Crippen LogP contribution in [0.3, 0.4) is 0 Å². The van der Waals surface area contributed by atoms with E-state index in [1.54, 1.807) is 30.3 Å². The summed E-state index contributed by atoms with van der Waals surface area (Å²) in [5.74, 6) is 0.687. The molecule has 4 rings (SSSR count). The summed E-state index contributed by atoms with van der Waals surface area (Å²) in [5.41, 5.74) is 7.51. The number of amides is 1. The molecule has 10 nitrogen and oxygen atoms in total. The Morgan fingerprint density at radius 3 is 2.88 bits per heavy atom. The van der Waals surface area contributed by atoms with Crippen LogP contribution in [0.15, 0.2) is 30.5 Å². The Morgan fingerprint density at radius 2 is 2.12 bits per heavy atom. The minimum Gasteiger partial charge on any atom is -0.493 e. The highest BCUT2D eigenvalue weighted by Gasteiger charge is 2.42. The smallest absolute Gasteiger partial charge is 0.259 e. The average Bonchev–Trinajstić information content (AvgIpc) is 3.39. The van der Waals surface area contributed by atoms with Crippen LogP contribution >= 0.6 is 0 Å². The van der Waals surface area contributed by atoms with Crippen LogP contribution < -0.4 is 20.7 Å². The average molecular weight is 472 g/mol. The van der Waals surface area contributed by atoms with E-state index in [4.69, 9.17) is 24.7 Å². The van der Waals surface area contributed by atoms with Gasteiger partial charge in [-0.15, -0.1) is 0 Å². The van der Waals surface area contributed by atoms with Crippen LogP contribution in [0.1, 0.15) is 36.7 Å². The molecule has 1 amide bonds. The first-order chi connectivity index (χ1) is 16.3. The van der Waals surface area contributed by atoms with Crippen LogP contribution in [-0.4, -0.2) is 73.3 Å². The molecule has 0 spiro atoms. The highest BCUT2D eigenvalue weighted by molar-refractivity contribution is 6.06. The molecule has 2 aliphatic rings. The highest BCUT2D eigenvalue weighted by Crippen LogP contribution is 2.31. The van der Waals surface area contributed by atoms with E-state index in [-0.39, 0.29) is 31.1 Å². The molecule has 2 aliphatic heterocycles. The molecule has 0 bridgehead atoms. The third kappa shape index (κ3) is 5.47. The van der Waals surface area contributed by atoms with Crippen LogP contribution in [0.25, 0.3) is 0 Å². The van der Waals surface area contributed by atoms with Gasteiger partial charge in [-0.05, 0) is 50.6 Å². The first kappa shape index (κ1) is 24.3. The zero-order chi connectivity index (χ0) is 24.3. The minimum absolute atomic E-state index is 0.00454. The number of anilines is 2. The summed E-state index contributed by atoms with van der Waals surface area (Å²) >= 11 is 0. The Hall–Kier alpha value is -2.79. The zero-order valence-electron chi connectivity index (χ0n) is 20.1. The van der Waals surface area contributed by atoms with E-state index in [0.29, 0.717) is 30.5 Å². The van der Waals surface area contributed by atoms with Gasteiger partial charge in [0.2, 0.25) is 5.95 Å². The number of hydrogen-bond donors (Lipinski definition) is 2. The molecule has 3 atom stereocenters. The van der Waals surface area contributed by atoms with Gasteiger partial charge in [-0.25, -0.2) is 4.98 Å². The summed E-state index contributed by atoms with van der Waals surface area (Å²) < 4.78 is 22.8. The van der Waals surface area contributed by atoms with Gasteiger partial charge >= 0.3 is 0 Å². The Labute approximate surface area is 199 Å². The number of fused-ring (bicyclic) bond motifs is 1. The molecular weight excluding hydrogens is 438 g/mol. The first-order valence-electron chi connectivity index (χ1n) is 11.5. The van der Waals surface area contributed by atoms with Crippen molar-refractivity contribution in [1.29, 1.82) is 0 Å². The molecule has 184 valence electrons. The number of nitrogens with two attached hydrogens (primary N) is 1. The molecule has 0 aliphatic carbocycles. The van der Waals surface area contributed by atoms with Gasteiger partial charge in [0.15, 0.2) is 5.79 Å². The Kier molecular flexibility index (Phi) is 7.32. The van der Waals surface area contributed by atoms with Gasteiger partial charge in [-0.2, -0.15) is 4.98 Å². The quantitative estimate of drug-likeness (QED) is 0.565. The molecule has 3 N–H and O–H groups in total. The highest BCUT2D eigenvalue weighted by atomic mass is 16.8. The lowest BCUT2D eigenvalue weighted by atomic mass is 10.1. The molecule has 10 heteroatoms. The third-order valence-electron chi connectivity index (χ3n) is 5.77. The van der Waals surface area contributed by atoms with Crippen molar-refractivity contribution >= 4 is 17.7 Å². The topological polar surface area (TPSA) is 121 Å². The SMILES string of the molecule is COC[C@H](C)Nc1nccc(N(CC2OC(C)(C)O[C@H]2CN)C(=O)c2ccc3c(c2)CCO3)n1. The van der Waals surface area contributed by atoms with Crippen LogP contribution in [0.5, 0.6) is 5.75 Å². The second-order valence-corrected chi connectivity index (χ2v) is 9.02. The van der Waals surface area contributed by atoms with E-state index in [1.807, 2.05) is 32.9 Å². The summed E-state index contributed by atoms with van der Waals surface area (Å²) in [4.78, 5) is 24.3. The largest absolute Gasteiger partial charge is 0.493 e. The summed E-state index contributed by atoms with van der Waals surface area (Å²) in [6, 6.07) is 7.20. The van der Waals surface area contributed by atoms with Gasteiger partial charge in [0.1, 0.15) is 23.8 Å². The lowest BCUT2D eigenvalue weighted by Gasteiger charge is -2.27. The number of nitrogens with zero attached hydrogens (tertiary/aromatic N) is 3. The van der Waals surface area contributed by atoms with Crippen molar-refractivity contribution in [1.82, 2.24) is 9.97 Å². The van der Waals surface area contributed by atoms with E-state index in [9.17, 15) is 4.79 Å². The van der Waals surface area contributed by atoms with Gasteiger partial charge in [0, 0.05) is 37.9 Å². The third-order valence-corrected chi connectivity index (χ3v) is 5.77. The molecule has 1 aromatic carbocycles. The number of carbonyl (C=O) groups is 1. The fourth-order valence-corrected chi connectivity index (χ4v) is 4.28. The van der Waals surface area contributed by atoms with Crippen molar-refractivity contribution in [2.45, 2.75) is 51.2 Å². The molecule has 3 heterocycles. The maximum atomic E-state index is 13.8. The Balaban J connectivity index is 1.65. The predicted molar refractivity (Wildman–Crippen MR) is 127 cm³/mol. The summed E-state index contributed by atoms with van der Waals surface area (Å²) in [7, 11) is 1.64. The first-order valence-corrected chi connectivity index (χ1v) is 11.5. The van der Waals surface area contributed by atoms with Crippen molar-refractivity contribution in [2.24, 2.45) is 5.73 Å². The number of carbonyl (C=O) groups excluding carboxylic acids is 1. The minimum atomic E-state index is -0.789. The van der Waals surface area contributed by atoms with E-state index in [0.717, 1.165) is 17.7 Å². The van der Waals surface area contributed by atoms with E-state index in [1.165, 1.54) is 0 Å². The number of hydrogen-bond acceptors (Lipinski definition) is 9. The van der Waals surface area contributed by atoms with Crippen molar-refractivity contribution < 1.29 is 23.7 Å². The fourth-order valence-electron chi connectivity index (χ4n) is 4.28.